The van der Waals surface area contributed by atoms with Crippen molar-refractivity contribution >= 4 is 82.0 Å². The summed E-state index contributed by atoms with van der Waals surface area (Å²) in [7, 11) is -7.22. The Kier molecular flexibility index (Phi) is 16.9. The fourth-order valence-electron chi connectivity index (χ4n) is 7.63. The molecule has 1 saturated heterocycles. The van der Waals surface area contributed by atoms with Crippen LogP contribution in [0, 0.1) is 11.6 Å². The highest BCUT2D eigenvalue weighted by Crippen LogP contribution is 2.28. The van der Waals surface area contributed by atoms with Crippen molar-refractivity contribution in [1.82, 2.24) is 50.1 Å². The Morgan fingerprint density at radius 2 is 1.20 bits per heavy atom. The Balaban J connectivity index is 0.000000208. The van der Waals surface area contributed by atoms with Crippen molar-refractivity contribution in [2.75, 3.05) is 30.6 Å². The van der Waals surface area contributed by atoms with Gasteiger partial charge in [-0.15, -0.1) is 0 Å². The van der Waals surface area contributed by atoms with E-state index < -0.39 is 80.2 Å². The quantitative estimate of drug-likeness (QED) is 0.0569. The Labute approximate surface area is 436 Å². The molecule has 21 nitrogen and oxygen atoms in total. The minimum absolute atomic E-state index is 0.00318. The molecule has 0 radical (unpaired) electrons. The number of nitrogens with zero attached hydrogens (tertiary/aromatic N) is 8. The lowest BCUT2D eigenvalue weighted by molar-refractivity contribution is 0.0739. The first-order valence-electron chi connectivity index (χ1n) is 22.5. The van der Waals surface area contributed by atoms with Crippen molar-refractivity contribution in [2.45, 2.75) is 47.2 Å². The maximum absolute atomic E-state index is 13.4. The number of benzene rings is 2. The third kappa shape index (κ3) is 13.0. The molecule has 7 heterocycles. The normalized spacial score (nSPS) is 14.8. The summed E-state index contributed by atoms with van der Waals surface area (Å²) in [6.07, 6.45) is 10.9. The van der Waals surface area contributed by atoms with Crippen LogP contribution in [0.3, 0.4) is 0 Å². The minimum atomic E-state index is -3.61. The van der Waals surface area contributed by atoms with E-state index in [1.165, 1.54) is 101 Å². The van der Waals surface area contributed by atoms with Gasteiger partial charge in [0.15, 0.2) is 29.7 Å². The van der Waals surface area contributed by atoms with Crippen molar-refractivity contribution in [3.8, 4) is 11.4 Å². The number of pyridine rings is 4. The summed E-state index contributed by atoms with van der Waals surface area (Å²) in [5.41, 5.74) is 3.45. The fraction of sp³-hybridized carbons (Fsp3) is 0.229. The Bertz CT molecular complexity index is 3580. The van der Waals surface area contributed by atoms with E-state index >= 15 is 0 Å². The smallest absolute Gasteiger partial charge is 0.430 e. The van der Waals surface area contributed by atoms with Crippen molar-refractivity contribution < 1.29 is 61.1 Å². The van der Waals surface area contributed by atoms with Gasteiger partial charge in [-0.2, -0.15) is 10.2 Å². The molecule has 1 aliphatic heterocycles. The molecule has 1 fully saturated rings. The summed E-state index contributed by atoms with van der Waals surface area (Å²) in [6.45, 7) is -0.547. The number of aliphatic hydroxyl groups excluding tert-OH is 2. The van der Waals surface area contributed by atoms with Crippen LogP contribution in [0.1, 0.15) is 58.1 Å². The number of nitrogens with one attached hydrogen (secondary N) is 2. The molecule has 2 amide bonds. The summed E-state index contributed by atoms with van der Waals surface area (Å²) < 4.78 is 93.9. The van der Waals surface area contributed by atoms with Gasteiger partial charge >= 0.3 is 6.16 Å². The van der Waals surface area contributed by atoms with E-state index in [0.29, 0.717) is 49.2 Å². The average molecular weight is 1170 g/mol. The summed E-state index contributed by atoms with van der Waals surface area (Å²) in [4.78, 5) is 54.7. The van der Waals surface area contributed by atoms with Gasteiger partial charge in [0.1, 0.15) is 24.3 Å². The number of aliphatic hydroxyl groups is 2. The highest BCUT2D eigenvalue weighted by atomic mass is 127. The lowest BCUT2D eigenvalue weighted by atomic mass is 10.0. The molecule has 6 aromatic heterocycles. The van der Waals surface area contributed by atoms with Crippen LogP contribution in [-0.2, 0) is 29.1 Å². The van der Waals surface area contributed by atoms with Gasteiger partial charge in [0.25, 0.3) is 11.8 Å². The maximum atomic E-state index is 13.4. The van der Waals surface area contributed by atoms with E-state index in [2.05, 4.69) is 40.8 Å². The molecular weight excluding hydrogens is 1120 g/mol. The first kappa shape index (κ1) is 52.9. The molecule has 1 aliphatic rings. The fourth-order valence-corrected chi connectivity index (χ4v) is 8.83. The molecular formula is C48H45F2IN10O11S2. The zero-order valence-corrected chi connectivity index (χ0v) is 42.8. The summed E-state index contributed by atoms with van der Waals surface area (Å²) >= 11 is 1.96. The molecule has 386 valence electrons. The molecule has 4 N–H and O–H groups in total. The van der Waals surface area contributed by atoms with Crippen molar-refractivity contribution in [3.05, 3.63) is 156 Å². The number of aromatic nitrogens is 8. The number of halogens is 3. The molecule has 2 aromatic carbocycles. The molecule has 0 spiro atoms. The van der Waals surface area contributed by atoms with E-state index in [1.54, 1.807) is 30.3 Å². The second kappa shape index (κ2) is 23.6. The number of alkyl halides is 1. The third-order valence-corrected chi connectivity index (χ3v) is 13.2. The Morgan fingerprint density at radius 3 is 1.62 bits per heavy atom. The first-order chi connectivity index (χ1) is 35.8. The van der Waals surface area contributed by atoms with Gasteiger partial charge in [-0.25, -0.2) is 49.7 Å². The van der Waals surface area contributed by atoms with Crippen LogP contribution in [0.15, 0.2) is 132 Å². The molecule has 0 bridgehead atoms. The highest BCUT2D eigenvalue weighted by Gasteiger charge is 2.31. The van der Waals surface area contributed by atoms with Crippen molar-refractivity contribution in [3.63, 3.8) is 0 Å². The number of hydrogen-bond donors (Lipinski definition) is 4. The highest BCUT2D eigenvalue weighted by molar-refractivity contribution is 14.1. The predicted molar refractivity (Wildman–Crippen MR) is 271 cm³/mol. The predicted octanol–water partition coefficient (Wildman–Crippen LogP) is 5.38. The number of fused-ring (bicyclic) bond motifs is 2. The molecule has 8 aromatic rings. The zero-order chi connectivity index (χ0) is 54.0. The van der Waals surface area contributed by atoms with E-state index in [9.17, 15) is 50.2 Å². The second-order valence-corrected chi connectivity index (χ2v) is 20.3. The van der Waals surface area contributed by atoms with Crippen LogP contribution in [-0.4, -0.2) is 127 Å². The van der Waals surface area contributed by atoms with E-state index in [1.807, 2.05) is 22.6 Å². The average Bonchev–Trinajstić information content (AvgIpc) is 4.15. The van der Waals surface area contributed by atoms with Gasteiger partial charge in [-0.05, 0) is 95.3 Å². The number of hydrogen-bond acceptors (Lipinski definition) is 17. The second-order valence-electron chi connectivity index (χ2n) is 16.4. The number of carbonyl (C=O) groups excluding carboxylic acids is 3. The molecule has 9 rings (SSSR count). The maximum Gasteiger partial charge on any atom is 0.508 e. The number of amides is 2. The number of ether oxygens (including phenoxy) is 2. The third-order valence-electron chi connectivity index (χ3n) is 11.2. The molecule has 4 atom stereocenters. The summed E-state index contributed by atoms with van der Waals surface area (Å²) in [6, 6.07) is 15.6. The van der Waals surface area contributed by atoms with E-state index in [0.717, 1.165) is 12.5 Å². The Hall–Kier alpha value is -7.40. The summed E-state index contributed by atoms with van der Waals surface area (Å²) in [5.74, 6) is -1.84. The van der Waals surface area contributed by atoms with Crippen LogP contribution in [0.5, 0.6) is 0 Å². The number of rotatable bonds is 15. The standard InChI is InChI=1S/C24H20FN5O6S.C23H22FN5O5S.CH3I/c1-37(33,34)22-8-14(6-7-27-22)20(9-17-13-35-24(32)36-17)29-23(31)19-10-26-12-21-18(19)11-28-30(21)16-4-2-15(25)3-5-16;1-35(33,34)22-8-14(6-7-26-22)20(9-17(31)13-30)28-23(32)19-10-25-12-21-18(19)11-27-29(21)16-4-2-15(24)3-5-16;1-2/h2-8,10-12,17,20H,9,13H2,1H3,(H,29,31);2-8,10-12,17,20,30-31H,9,13H2,1H3,(H,28,32);1H3/t2*17-,20-;/m00./s1/i;;1D. The topological polar surface area (TPSA) is 290 Å². The molecule has 74 heavy (non-hydrogen) atoms. The lowest BCUT2D eigenvalue weighted by Gasteiger charge is -2.22. The monoisotopic (exact) mass is 1170 g/mol. The van der Waals surface area contributed by atoms with Gasteiger partial charge in [-0.1, -0.05) is 22.6 Å². The van der Waals surface area contributed by atoms with E-state index in [-0.39, 0.29) is 40.6 Å². The van der Waals surface area contributed by atoms with Crippen molar-refractivity contribution in [1.29, 1.82) is 0 Å². The first-order valence-corrected chi connectivity index (χ1v) is 27.1. The van der Waals surface area contributed by atoms with Gasteiger partial charge in [0, 0.05) is 55.9 Å². The van der Waals surface area contributed by atoms with Crippen LogP contribution in [0.4, 0.5) is 13.6 Å². The van der Waals surface area contributed by atoms with Gasteiger partial charge < -0.3 is 30.3 Å². The molecule has 0 saturated carbocycles. The van der Waals surface area contributed by atoms with E-state index in [4.69, 9.17) is 10.8 Å². The number of cyclic esters (lactones) is 2. The number of carbonyl (C=O) groups is 3. The van der Waals surface area contributed by atoms with Crippen LogP contribution < -0.4 is 10.6 Å². The van der Waals surface area contributed by atoms with Gasteiger partial charge in [-0.3, -0.25) is 19.6 Å². The SMILES string of the molecule is CS(=O)(=O)c1cc([C@H](C[C@H](O)CO)NC(=O)c2cncc3c2cnn3-c2ccc(F)cc2)ccn1.CS(=O)(=O)c1cc([C@H](C[C@H]2COC(=O)O2)NC(=O)c2cncc3c2cnn3-c2ccc(F)cc2)ccn1.[2H]CI. The largest absolute Gasteiger partial charge is 0.508 e. The molecule has 26 heteroatoms. The zero-order valence-electron chi connectivity index (χ0n) is 40.0. The van der Waals surface area contributed by atoms with Gasteiger partial charge in [0.2, 0.25) is 0 Å². The minimum Gasteiger partial charge on any atom is -0.430 e. The molecule has 0 unspecified atom stereocenters. The number of sulfone groups is 2. The van der Waals surface area contributed by atoms with Crippen LogP contribution >= 0.6 is 22.6 Å². The van der Waals surface area contributed by atoms with Crippen LogP contribution in [0.25, 0.3) is 33.2 Å². The lowest BCUT2D eigenvalue weighted by Crippen LogP contribution is -2.32. The summed E-state index contributed by atoms with van der Waals surface area (Å²) in [5, 5.41) is 34.3. The van der Waals surface area contributed by atoms with Crippen LogP contribution in [0.2, 0.25) is 0 Å². The van der Waals surface area contributed by atoms with Crippen molar-refractivity contribution in [2.24, 2.45) is 0 Å². The Morgan fingerprint density at radius 1 is 0.757 bits per heavy atom. The van der Waals surface area contributed by atoms with Gasteiger partial charge in [0.05, 0.1) is 83.1 Å². The molecule has 0 aliphatic carbocycles.